The van der Waals surface area contributed by atoms with E-state index in [-0.39, 0.29) is 7.43 Å². The van der Waals surface area contributed by atoms with Crippen molar-refractivity contribution in [3.05, 3.63) is 41.5 Å². The van der Waals surface area contributed by atoms with Gasteiger partial charge in [-0.3, -0.25) is 0 Å². The molecule has 0 saturated carbocycles. The van der Waals surface area contributed by atoms with Gasteiger partial charge in [-0.25, -0.2) is 0 Å². The van der Waals surface area contributed by atoms with Crippen LogP contribution in [0.3, 0.4) is 0 Å². The quantitative estimate of drug-likeness (QED) is 0.640. The van der Waals surface area contributed by atoms with Gasteiger partial charge in [0.25, 0.3) is 0 Å². The molecule has 78 valence electrons. The average Bonchev–Trinajstić information content (AvgIpc) is 2.16. The molecule has 0 aromatic heterocycles. The SMILES string of the molecule is C.C/C=C(/CCC)c1ccccc1C. The van der Waals surface area contributed by atoms with E-state index in [0.717, 1.165) is 0 Å². The van der Waals surface area contributed by atoms with Crippen molar-refractivity contribution < 1.29 is 0 Å². The summed E-state index contributed by atoms with van der Waals surface area (Å²) in [5.74, 6) is 0. The Labute approximate surface area is 88.7 Å². The summed E-state index contributed by atoms with van der Waals surface area (Å²) < 4.78 is 0. The summed E-state index contributed by atoms with van der Waals surface area (Å²) in [4.78, 5) is 0. The zero-order valence-corrected chi connectivity index (χ0v) is 8.80. The van der Waals surface area contributed by atoms with Crippen molar-refractivity contribution in [3.8, 4) is 0 Å². The van der Waals surface area contributed by atoms with Crippen LogP contribution in [-0.2, 0) is 0 Å². The molecule has 1 aromatic rings. The molecule has 0 amide bonds. The van der Waals surface area contributed by atoms with Gasteiger partial charge in [0.05, 0.1) is 0 Å². The topological polar surface area (TPSA) is 0 Å². The number of allylic oxidation sites excluding steroid dienone is 2. The standard InChI is InChI=1S/C13H18.CH4/c1-4-8-12(5-2)13-10-7-6-9-11(13)3;/h5-7,9-10H,4,8H2,1-3H3;1H4/b12-5-;. The van der Waals surface area contributed by atoms with E-state index in [0.29, 0.717) is 0 Å². The lowest BCUT2D eigenvalue weighted by Crippen LogP contribution is -1.87. The van der Waals surface area contributed by atoms with Gasteiger partial charge < -0.3 is 0 Å². The lowest BCUT2D eigenvalue weighted by atomic mass is 9.97. The van der Waals surface area contributed by atoms with E-state index in [2.05, 4.69) is 51.1 Å². The summed E-state index contributed by atoms with van der Waals surface area (Å²) in [6, 6.07) is 8.59. The molecule has 0 atom stereocenters. The van der Waals surface area contributed by atoms with Crippen molar-refractivity contribution in [1.29, 1.82) is 0 Å². The van der Waals surface area contributed by atoms with E-state index in [1.807, 2.05) is 0 Å². The van der Waals surface area contributed by atoms with Gasteiger partial charge in [-0.1, -0.05) is 51.1 Å². The highest BCUT2D eigenvalue weighted by atomic mass is 14.1. The second-order valence-corrected chi connectivity index (χ2v) is 3.38. The van der Waals surface area contributed by atoms with E-state index in [9.17, 15) is 0 Å². The van der Waals surface area contributed by atoms with Crippen LogP contribution in [0.5, 0.6) is 0 Å². The lowest BCUT2D eigenvalue weighted by molar-refractivity contribution is 0.970. The maximum absolute atomic E-state index is 2.23. The predicted octanol–water partition coefficient (Wildman–Crippen LogP) is 4.83. The molecule has 0 fully saturated rings. The summed E-state index contributed by atoms with van der Waals surface area (Å²) in [6.07, 6.45) is 4.63. The van der Waals surface area contributed by atoms with E-state index in [1.54, 1.807) is 0 Å². The second-order valence-electron chi connectivity index (χ2n) is 3.38. The van der Waals surface area contributed by atoms with Crippen molar-refractivity contribution in [2.24, 2.45) is 0 Å². The molecule has 0 aliphatic heterocycles. The van der Waals surface area contributed by atoms with Crippen LogP contribution in [0.4, 0.5) is 0 Å². The summed E-state index contributed by atoms with van der Waals surface area (Å²) in [6.45, 7) is 6.52. The molecule has 1 aromatic carbocycles. The minimum atomic E-state index is 0. The molecule has 0 bridgehead atoms. The van der Waals surface area contributed by atoms with Crippen LogP contribution in [0, 0.1) is 6.92 Å². The Balaban J connectivity index is 0.00000169. The van der Waals surface area contributed by atoms with E-state index >= 15 is 0 Å². The fourth-order valence-corrected chi connectivity index (χ4v) is 1.64. The van der Waals surface area contributed by atoms with E-state index < -0.39 is 0 Å². The zero-order valence-electron chi connectivity index (χ0n) is 8.80. The Kier molecular flexibility index (Phi) is 5.94. The van der Waals surface area contributed by atoms with E-state index in [1.165, 1.54) is 29.5 Å². The molecule has 14 heavy (non-hydrogen) atoms. The number of aryl methyl sites for hydroxylation is 1. The van der Waals surface area contributed by atoms with Gasteiger partial charge in [0.2, 0.25) is 0 Å². The highest BCUT2D eigenvalue weighted by molar-refractivity contribution is 5.67. The largest absolute Gasteiger partial charge is 0.0838 e. The Morgan fingerprint density at radius 3 is 2.43 bits per heavy atom. The average molecular weight is 190 g/mol. The summed E-state index contributed by atoms with van der Waals surface area (Å²) in [7, 11) is 0. The van der Waals surface area contributed by atoms with Crippen LogP contribution < -0.4 is 0 Å². The van der Waals surface area contributed by atoms with Gasteiger partial charge in [0.15, 0.2) is 0 Å². The van der Waals surface area contributed by atoms with Crippen molar-refractivity contribution in [3.63, 3.8) is 0 Å². The monoisotopic (exact) mass is 190 g/mol. The van der Waals surface area contributed by atoms with Gasteiger partial charge in [-0.05, 0) is 37.0 Å². The molecule has 0 aliphatic carbocycles. The molecule has 0 N–H and O–H groups in total. The van der Waals surface area contributed by atoms with Crippen molar-refractivity contribution in [2.45, 2.75) is 41.0 Å². The van der Waals surface area contributed by atoms with Crippen LogP contribution >= 0.6 is 0 Å². The fraction of sp³-hybridized carbons (Fsp3) is 0.429. The Morgan fingerprint density at radius 2 is 1.93 bits per heavy atom. The molecule has 0 aliphatic rings. The first-order chi connectivity index (χ1) is 6.29. The number of hydrogen-bond acceptors (Lipinski definition) is 0. The van der Waals surface area contributed by atoms with Gasteiger partial charge in [-0.2, -0.15) is 0 Å². The van der Waals surface area contributed by atoms with Crippen molar-refractivity contribution in [1.82, 2.24) is 0 Å². The molecule has 0 heteroatoms. The van der Waals surface area contributed by atoms with Gasteiger partial charge in [-0.15, -0.1) is 0 Å². The zero-order chi connectivity index (χ0) is 9.68. The maximum atomic E-state index is 2.23. The lowest BCUT2D eigenvalue weighted by Gasteiger charge is -2.08. The minimum absolute atomic E-state index is 0. The van der Waals surface area contributed by atoms with Gasteiger partial charge in [0.1, 0.15) is 0 Å². The first kappa shape index (κ1) is 13.0. The Morgan fingerprint density at radius 1 is 1.29 bits per heavy atom. The molecule has 0 saturated heterocycles. The predicted molar refractivity (Wildman–Crippen MR) is 66.5 cm³/mol. The third kappa shape index (κ3) is 3.02. The Hall–Kier alpha value is -1.04. The smallest absolute Gasteiger partial charge is 0.0199 e. The molecule has 0 heterocycles. The van der Waals surface area contributed by atoms with Crippen molar-refractivity contribution in [2.75, 3.05) is 0 Å². The molecule has 1 rings (SSSR count). The van der Waals surface area contributed by atoms with Crippen LogP contribution in [-0.4, -0.2) is 0 Å². The first-order valence-electron chi connectivity index (χ1n) is 5.00. The summed E-state index contributed by atoms with van der Waals surface area (Å²) in [5, 5.41) is 0. The Bertz CT molecular complexity index is 295. The van der Waals surface area contributed by atoms with Gasteiger partial charge in [0, 0.05) is 0 Å². The third-order valence-corrected chi connectivity index (χ3v) is 2.36. The fourth-order valence-electron chi connectivity index (χ4n) is 1.64. The molecule has 0 nitrogen and oxygen atoms in total. The maximum Gasteiger partial charge on any atom is -0.0199 e. The number of benzene rings is 1. The van der Waals surface area contributed by atoms with Crippen LogP contribution in [0.2, 0.25) is 0 Å². The normalized spacial score (nSPS) is 10.9. The highest BCUT2D eigenvalue weighted by Crippen LogP contribution is 2.22. The molecular formula is C14H22. The summed E-state index contributed by atoms with van der Waals surface area (Å²) >= 11 is 0. The summed E-state index contributed by atoms with van der Waals surface area (Å²) in [5.41, 5.74) is 4.26. The third-order valence-electron chi connectivity index (χ3n) is 2.36. The number of hydrogen-bond donors (Lipinski definition) is 0. The first-order valence-corrected chi connectivity index (χ1v) is 5.00. The van der Waals surface area contributed by atoms with Crippen LogP contribution in [0.25, 0.3) is 5.57 Å². The molecule has 0 unspecified atom stereocenters. The molecule has 0 spiro atoms. The van der Waals surface area contributed by atoms with E-state index in [4.69, 9.17) is 0 Å². The van der Waals surface area contributed by atoms with Crippen LogP contribution in [0.15, 0.2) is 30.3 Å². The highest BCUT2D eigenvalue weighted by Gasteiger charge is 2.01. The molecular weight excluding hydrogens is 168 g/mol. The minimum Gasteiger partial charge on any atom is -0.0838 e. The van der Waals surface area contributed by atoms with Gasteiger partial charge >= 0.3 is 0 Å². The van der Waals surface area contributed by atoms with Crippen molar-refractivity contribution >= 4 is 5.57 Å². The van der Waals surface area contributed by atoms with Crippen LogP contribution in [0.1, 0.15) is 45.2 Å². The second kappa shape index (κ2) is 6.42. The number of rotatable bonds is 3. The molecule has 0 radical (unpaired) electrons.